The first-order chi connectivity index (χ1) is 16.6. The highest BCUT2D eigenvalue weighted by Crippen LogP contribution is 2.23. The summed E-state index contributed by atoms with van der Waals surface area (Å²) in [5, 5.41) is 0.148. The van der Waals surface area contributed by atoms with Gasteiger partial charge in [0.2, 0.25) is 0 Å². The first kappa shape index (κ1) is 21.5. The Balaban J connectivity index is 1.34. The molecule has 0 bridgehead atoms. The molecule has 1 saturated heterocycles. The summed E-state index contributed by atoms with van der Waals surface area (Å²) >= 11 is 0. The molecule has 1 amide bonds. The number of fused-ring (bicyclic) bond motifs is 1. The molecule has 3 heterocycles. The van der Waals surface area contributed by atoms with Gasteiger partial charge in [-0.15, -0.1) is 0 Å². The molecule has 2 aromatic carbocycles. The number of ketones is 1. The highest BCUT2D eigenvalue weighted by molar-refractivity contribution is 6.44. The Morgan fingerprint density at radius 3 is 2.41 bits per heavy atom. The molecule has 0 radical (unpaired) electrons. The van der Waals surface area contributed by atoms with Crippen LogP contribution in [0.2, 0.25) is 0 Å². The molecule has 0 unspecified atom stereocenters. The van der Waals surface area contributed by atoms with Crippen molar-refractivity contribution in [2.24, 2.45) is 4.99 Å². The third kappa shape index (κ3) is 4.17. The molecule has 1 aliphatic heterocycles. The van der Waals surface area contributed by atoms with Gasteiger partial charge in [-0.3, -0.25) is 14.6 Å². The fourth-order valence-electron chi connectivity index (χ4n) is 4.15. The number of carbonyl (C=O) groups is 2. The second-order valence-corrected chi connectivity index (χ2v) is 7.99. The predicted octanol–water partition coefficient (Wildman–Crippen LogP) is 3.81. The van der Waals surface area contributed by atoms with Gasteiger partial charge in [-0.05, 0) is 24.3 Å². The topological polar surface area (TPSA) is 81.7 Å². The zero-order valence-corrected chi connectivity index (χ0v) is 18.3. The number of aliphatic imine (C=N–C) groups is 1. The number of amidine groups is 1. The van der Waals surface area contributed by atoms with Crippen LogP contribution in [0.25, 0.3) is 10.9 Å². The van der Waals surface area contributed by atoms with Gasteiger partial charge >= 0.3 is 0 Å². The van der Waals surface area contributed by atoms with Crippen LogP contribution >= 0.6 is 0 Å². The second kappa shape index (κ2) is 9.27. The van der Waals surface area contributed by atoms with E-state index < -0.39 is 17.5 Å². The number of amides is 1. The van der Waals surface area contributed by atoms with Crippen molar-refractivity contribution in [2.75, 3.05) is 26.2 Å². The summed E-state index contributed by atoms with van der Waals surface area (Å²) in [5.41, 5.74) is 2.23. The number of carbonyl (C=O) groups excluding carboxylic acids is 2. The molecule has 1 fully saturated rings. The fourth-order valence-corrected chi connectivity index (χ4v) is 4.15. The third-order valence-corrected chi connectivity index (χ3v) is 5.87. The van der Waals surface area contributed by atoms with Crippen LogP contribution in [-0.4, -0.2) is 63.5 Å². The van der Waals surface area contributed by atoms with Gasteiger partial charge < -0.3 is 14.8 Å². The Bertz CT molecular complexity index is 1360. The lowest BCUT2D eigenvalue weighted by atomic mass is 10.1. The summed E-state index contributed by atoms with van der Waals surface area (Å²) in [6, 6.07) is 18.0. The largest absolute Gasteiger partial charge is 0.360 e. The number of hydrogen-bond donors (Lipinski definition) is 1. The van der Waals surface area contributed by atoms with E-state index in [-0.39, 0.29) is 10.9 Å². The number of hydrogen-bond acceptors (Lipinski definition) is 4. The lowest BCUT2D eigenvalue weighted by Gasteiger charge is -2.36. The number of halogens is 1. The van der Waals surface area contributed by atoms with Gasteiger partial charge in [0.05, 0.1) is 17.4 Å². The van der Waals surface area contributed by atoms with Crippen LogP contribution in [0.5, 0.6) is 0 Å². The SMILES string of the molecule is O=C(C(=O)N1CCN(/C(=N/c2cccnc2)c2ccccc2)CC1)c1c[nH]c2cccc(F)c12. The molecule has 170 valence electrons. The number of piperazine rings is 1. The number of aromatic nitrogens is 2. The van der Waals surface area contributed by atoms with Gasteiger partial charge in [0, 0.05) is 55.0 Å². The molecule has 1 N–H and O–H groups in total. The Labute approximate surface area is 195 Å². The normalized spacial score (nSPS) is 14.4. The molecule has 4 aromatic rings. The third-order valence-electron chi connectivity index (χ3n) is 5.87. The van der Waals surface area contributed by atoms with Crippen molar-refractivity contribution >= 4 is 34.1 Å². The average molecular weight is 455 g/mol. The van der Waals surface area contributed by atoms with Crippen molar-refractivity contribution in [3.63, 3.8) is 0 Å². The molecule has 7 nitrogen and oxygen atoms in total. The summed E-state index contributed by atoms with van der Waals surface area (Å²) in [6.07, 6.45) is 4.79. The van der Waals surface area contributed by atoms with Crippen molar-refractivity contribution in [1.82, 2.24) is 19.8 Å². The Morgan fingerprint density at radius 2 is 1.68 bits per heavy atom. The van der Waals surface area contributed by atoms with Crippen LogP contribution in [0.3, 0.4) is 0 Å². The number of nitrogens with zero attached hydrogens (tertiary/aromatic N) is 4. The minimum Gasteiger partial charge on any atom is -0.360 e. The Hall–Kier alpha value is -4.33. The van der Waals surface area contributed by atoms with Crippen LogP contribution < -0.4 is 0 Å². The van der Waals surface area contributed by atoms with Crippen molar-refractivity contribution in [3.8, 4) is 0 Å². The van der Waals surface area contributed by atoms with Crippen LogP contribution in [0.15, 0.2) is 84.2 Å². The van der Waals surface area contributed by atoms with E-state index in [9.17, 15) is 14.0 Å². The quantitative estimate of drug-likeness (QED) is 0.220. The molecule has 0 spiro atoms. The number of aromatic amines is 1. The highest BCUT2D eigenvalue weighted by atomic mass is 19.1. The fraction of sp³-hybridized carbons (Fsp3) is 0.154. The summed E-state index contributed by atoms with van der Waals surface area (Å²) in [6.45, 7) is 1.73. The molecule has 8 heteroatoms. The van der Waals surface area contributed by atoms with Crippen LogP contribution in [0.4, 0.5) is 10.1 Å². The zero-order valence-electron chi connectivity index (χ0n) is 18.3. The molecule has 5 rings (SSSR count). The molecular weight excluding hydrogens is 433 g/mol. The molecule has 0 atom stereocenters. The van der Waals surface area contributed by atoms with E-state index in [1.54, 1.807) is 24.5 Å². The van der Waals surface area contributed by atoms with Crippen molar-refractivity contribution in [3.05, 3.63) is 96.2 Å². The molecule has 1 aliphatic rings. The zero-order chi connectivity index (χ0) is 23.5. The summed E-state index contributed by atoms with van der Waals surface area (Å²) < 4.78 is 14.3. The van der Waals surface area contributed by atoms with Crippen LogP contribution in [0.1, 0.15) is 15.9 Å². The van der Waals surface area contributed by atoms with E-state index in [0.29, 0.717) is 31.7 Å². The predicted molar refractivity (Wildman–Crippen MR) is 128 cm³/mol. The number of Topliss-reactive ketones (excluding diaryl/α,β-unsaturated/α-hetero) is 1. The maximum atomic E-state index is 14.3. The molecule has 2 aromatic heterocycles. The molecular formula is C26H22FN5O2. The number of H-pyrrole nitrogens is 1. The minimum atomic E-state index is -0.711. The van der Waals surface area contributed by atoms with Gasteiger partial charge in [0.25, 0.3) is 11.7 Å². The average Bonchev–Trinajstić information content (AvgIpc) is 3.33. The maximum Gasteiger partial charge on any atom is 0.295 e. The minimum absolute atomic E-state index is 0.0589. The highest BCUT2D eigenvalue weighted by Gasteiger charge is 2.30. The summed E-state index contributed by atoms with van der Waals surface area (Å²) in [7, 11) is 0. The van der Waals surface area contributed by atoms with Crippen molar-refractivity contribution < 1.29 is 14.0 Å². The van der Waals surface area contributed by atoms with Gasteiger partial charge in [0.15, 0.2) is 0 Å². The van der Waals surface area contributed by atoms with E-state index in [0.717, 1.165) is 17.1 Å². The summed E-state index contributed by atoms with van der Waals surface area (Å²) in [4.78, 5) is 41.3. The van der Waals surface area contributed by atoms with Crippen molar-refractivity contribution in [2.45, 2.75) is 0 Å². The smallest absolute Gasteiger partial charge is 0.295 e. The second-order valence-electron chi connectivity index (χ2n) is 7.99. The first-order valence-corrected chi connectivity index (χ1v) is 11.0. The van der Waals surface area contributed by atoms with E-state index in [1.165, 1.54) is 17.2 Å². The van der Waals surface area contributed by atoms with Crippen molar-refractivity contribution in [1.29, 1.82) is 0 Å². The van der Waals surface area contributed by atoms with Gasteiger partial charge in [-0.2, -0.15) is 0 Å². The van der Waals surface area contributed by atoms with E-state index in [4.69, 9.17) is 4.99 Å². The monoisotopic (exact) mass is 455 g/mol. The molecule has 0 aliphatic carbocycles. The van der Waals surface area contributed by atoms with E-state index in [1.807, 2.05) is 42.5 Å². The van der Waals surface area contributed by atoms with E-state index >= 15 is 0 Å². The first-order valence-electron chi connectivity index (χ1n) is 11.0. The number of pyridine rings is 1. The Morgan fingerprint density at radius 1 is 0.912 bits per heavy atom. The van der Waals surface area contributed by atoms with Gasteiger partial charge in [-0.25, -0.2) is 9.38 Å². The lowest BCUT2D eigenvalue weighted by Crippen LogP contribution is -2.52. The molecule has 34 heavy (non-hydrogen) atoms. The number of benzene rings is 2. The van der Waals surface area contributed by atoms with Gasteiger partial charge in [0.1, 0.15) is 11.7 Å². The standard InChI is InChI=1S/C26H22FN5O2/c27-21-9-4-10-22-23(21)20(17-29-22)24(33)26(34)32-14-12-31(13-15-32)25(18-6-2-1-3-7-18)30-19-8-5-11-28-16-19/h1-11,16-17,29H,12-15H2/b30-25+. The van der Waals surface area contributed by atoms with Crippen LogP contribution in [0, 0.1) is 5.82 Å². The molecule has 0 saturated carbocycles. The lowest BCUT2D eigenvalue weighted by molar-refractivity contribution is -0.127. The van der Waals surface area contributed by atoms with Crippen LogP contribution in [-0.2, 0) is 4.79 Å². The maximum absolute atomic E-state index is 14.3. The van der Waals surface area contributed by atoms with E-state index in [2.05, 4.69) is 14.9 Å². The number of nitrogens with one attached hydrogen (secondary N) is 1. The number of rotatable bonds is 4. The summed E-state index contributed by atoms with van der Waals surface area (Å²) in [5.74, 6) is -1.09. The van der Waals surface area contributed by atoms with Gasteiger partial charge in [-0.1, -0.05) is 36.4 Å². The Kier molecular flexibility index (Phi) is 5.86.